The molecular formula is C18H19ClFNO2S. The molecule has 2 aromatic rings. The Hall–Kier alpha value is -1.43. The van der Waals surface area contributed by atoms with Crippen LogP contribution < -0.4 is 4.72 Å². The van der Waals surface area contributed by atoms with Gasteiger partial charge < -0.3 is 0 Å². The van der Waals surface area contributed by atoms with Gasteiger partial charge in [-0.25, -0.2) is 17.5 Å². The molecule has 0 aromatic heterocycles. The van der Waals surface area contributed by atoms with E-state index in [0.29, 0.717) is 0 Å². The van der Waals surface area contributed by atoms with E-state index in [0.717, 1.165) is 24.8 Å². The number of rotatable bonds is 5. The summed E-state index contributed by atoms with van der Waals surface area (Å²) in [4.78, 5) is 0. The molecule has 0 amide bonds. The van der Waals surface area contributed by atoms with Gasteiger partial charge in [0.25, 0.3) is 0 Å². The van der Waals surface area contributed by atoms with Gasteiger partial charge in [0.05, 0.1) is 5.75 Å². The van der Waals surface area contributed by atoms with E-state index in [9.17, 15) is 12.8 Å². The second-order valence-electron chi connectivity index (χ2n) is 6.18. The van der Waals surface area contributed by atoms with Crippen molar-refractivity contribution >= 4 is 21.6 Å². The lowest BCUT2D eigenvalue weighted by molar-refractivity contribution is 0.561. The third-order valence-electron chi connectivity index (χ3n) is 4.37. The molecule has 6 heteroatoms. The van der Waals surface area contributed by atoms with Crippen molar-refractivity contribution in [1.82, 2.24) is 4.72 Å². The molecule has 1 N–H and O–H groups in total. The molecule has 24 heavy (non-hydrogen) atoms. The van der Waals surface area contributed by atoms with E-state index in [1.807, 2.05) is 6.07 Å². The zero-order valence-electron chi connectivity index (χ0n) is 13.4. The molecule has 0 radical (unpaired) electrons. The van der Waals surface area contributed by atoms with Gasteiger partial charge in [0, 0.05) is 16.6 Å². The fourth-order valence-electron chi connectivity index (χ4n) is 3.10. The van der Waals surface area contributed by atoms with Crippen LogP contribution in [0.4, 0.5) is 4.39 Å². The summed E-state index contributed by atoms with van der Waals surface area (Å²) < 4.78 is 41.2. The maximum absolute atomic E-state index is 13.8. The van der Waals surface area contributed by atoms with Crippen LogP contribution in [0.3, 0.4) is 0 Å². The van der Waals surface area contributed by atoms with Crippen molar-refractivity contribution in [2.45, 2.75) is 38.0 Å². The largest absolute Gasteiger partial charge is 0.216 e. The molecule has 0 aliphatic heterocycles. The van der Waals surface area contributed by atoms with E-state index in [1.54, 1.807) is 6.92 Å². The van der Waals surface area contributed by atoms with Crippen LogP contribution in [0.1, 0.15) is 41.6 Å². The average Bonchev–Trinajstić information content (AvgIpc) is 2.98. The highest BCUT2D eigenvalue weighted by atomic mass is 35.5. The molecule has 3 nitrogen and oxygen atoms in total. The van der Waals surface area contributed by atoms with Crippen molar-refractivity contribution in [1.29, 1.82) is 0 Å². The van der Waals surface area contributed by atoms with Gasteiger partial charge in [-0.3, -0.25) is 0 Å². The zero-order chi connectivity index (χ0) is 17.3. The van der Waals surface area contributed by atoms with Gasteiger partial charge in [-0.15, -0.1) is 0 Å². The summed E-state index contributed by atoms with van der Waals surface area (Å²) in [6.07, 6.45) is 3.26. The highest BCUT2D eigenvalue weighted by molar-refractivity contribution is 7.88. The lowest BCUT2D eigenvalue weighted by atomic mass is 10.0. The topological polar surface area (TPSA) is 46.2 Å². The molecule has 1 aliphatic rings. The van der Waals surface area contributed by atoms with Gasteiger partial charge in [0.2, 0.25) is 10.0 Å². The number of nitrogens with one attached hydrogen (secondary N) is 1. The van der Waals surface area contributed by atoms with E-state index >= 15 is 0 Å². The first-order valence-electron chi connectivity index (χ1n) is 7.90. The van der Waals surface area contributed by atoms with Crippen LogP contribution in [0, 0.1) is 5.82 Å². The van der Waals surface area contributed by atoms with Crippen molar-refractivity contribution in [3.8, 4) is 0 Å². The summed E-state index contributed by atoms with van der Waals surface area (Å²) in [6, 6.07) is 9.84. The monoisotopic (exact) mass is 367 g/mol. The first-order valence-corrected chi connectivity index (χ1v) is 9.93. The zero-order valence-corrected chi connectivity index (χ0v) is 14.9. The van der Waals surface area contributed by atoms with E-state index in [1.165, 1.54) is 29.3 Å². The first-order chi connectivity index (χ1) is 11.4. The molecular weight excluding hydrogens is 349 g/mol. The minimum absolute atomic E-state index is 0.00665. The first kappa shape index (κ1) is 17.4. The van der Waals surface area contributed by atoms with Gasteiger partial charge in [-0.2, -0.15) is 0 Å². The van der Waals surface area contributed by atoms with Crippen molar-refractivity contribution < 1.29 is 12.8 Å². The quantitative estimate of drug-likeness (QED) is 0.862. The lowest BCUT2D eigenvalue weighted by Gasteiger charge is -2.16. The summed E-state index contributed by atoms with van der Waals surface area (Å²) in [5, 5.41) is 0.116. The smallest absolute Gasteiger partial charge is 0.212 e. The average molecular weight is 368 g/mol. The highest BCUT2D eigenvalue weighted by Gasteiger charge is 2.21. The number of fused-ring (bicyclic) bond motifs is 1. The van der Waals surface area contributed by atoms with Crippen LogP contribution in [0.15, 0.2) is 36.4 Å². The Balaban J connectivity index is 1.76. The maximum Gasteiger partial charge on any atom is 0.216 e. The van der Waals surface area contributed by atoms with Crippen molar-refractivity contribution in [3.63, 3.8) is 0 Å². The fourth-order valence-corrected chi connectivity index (χ4v) is 4.84. The summed E-state index contributed by atoms with van der Waals surface area (Å²) in [5.74, 6) is -1.09. The third kappa shape index (κ3) is 3.79. The second-order valence-corrected chi connectivity index (χ2v) is 8.34. The van der Waals surface area contributed by atoms with E-state index in [2.05, 4.69) is 16.9 Å². The molecule has 1 atom stereocenters. The van der Waals surface area contributed by atoms with Gasteiger partial charge in [0.1, 0.15) is 5.82 Å². The summed E-state index contributed by atoms with van der Waals surface area (Å²) >= 11 is 5.92. The Labute approximate surface area is 146 Å². The van der Waals surface area contributed by atoms with Crippen LogP contribution in [0.5, 0.6) is 0 Å². The molecule has 1 aliphatic carbocycles. The van der Waals surface area contributed by atoms with Crippen LogP contribution >= 0.6 is 11.6 Å². The number of sulfonamides is 1. The standard InChI is InChI=1S/C18H19ClFNO2S/c1-12(14-9-8-13-4-2-5-15(13)10-14)21-24(22,23)11-16-17(19)6-3-7-18(16)20/h3,6-10,12,21H,2,4-5,11H2,1H3/t12-/m1/s1. The molecule has 0 unspecified atom stereocenters. The number of aryl methyl sites for hydroxylation is 2. The normalized spacial score (nSPS) is 15.3. The number of hydrogen-bond acceptors (Lipinski definition) is 2. The van der Waals surface area contributed by atoms with Crippen LogP contribution in [0.2, 0.25) is 5.02 Å². The Morgan fingerprint density at radius 1 is 1.21 bits per heavy atom. The predicted molar refractivity (Wildman–Crippen MR) is 94.1 cm³/mol. The van der Waals surface area contributed by atoms with Crippen LogP contribution in [-0.4, -0.2) is 8.42 Å². The molecule has 128 valence electrons. The molecule has 0 saturated heterocycles. The molecule has 0 spiro atoms. The predicted octanol–water partition coefficient (Wildman–Crippen LogP) is 4.15. The summed E-state index contributed by atoms with van der Waals surface area (Å²) in [7, 11) is -3.72. The minimum atomic E-state index is -3.72. The Morgan fingerprint density at radius 2 is 1.96 bits per heavy atom. The van der Waals surface area contributed by atoms with Crippen molar-refractivity contribution in [2.24, 2.45) is 0 Å². The maximum atomic E-state index is 13.8. The SMILES string of the molecule is C[C@@H](NS(=O)(=O)Cc1c(F)cccc1Cl)c1ccc2c(c1)CCC2. The molecule has 0 fully saturated rings. The van der Waals surface area contributed by atoms with Crippen molar-refractivity contribution in [3.05, 3.63) is 69.5 Å². The molecule has 0 heterocycles. The number of hydrogen-bond donors (Lipinski definition) is 1. The molecule has 3 rings (SSSR count). The van der Waals surface area contributed by atoms with Gasteiger partial charge in [-0.05, 0) is 55.0 Å². The molecule has 2 aromatic carbocycles. The Kier molecular flexibility index (Phi) is 4.95. The van der Waals surface area contributed by atoms with Gasteiger partial charge >= 0.3 is 0 Å². The number of benzene rings is 2. The van der Waals surface area contributed by atoms with Crippen molar-refractivity contribution in [2.75, 3.05) is 0 Å². The summed E-state index contributed by atoms with van der Waals surface area (Å²) in [6.45, 7) is 1.79. The van der Waals surface area contributed by atoms with Crippen LogP contribution in [-0.2, 0) is 28.6 Å². The lowest BCUT2D eigenvalue weighted by Crippen LogP contribution is -2.28. The van der Waals surface area contributed by atoms with E-state index in [-0.39, 0.29) is 16.6 Å². The van der Waals surface area contributed by atoms with E-state index in [4.69, 9.17) is 11.6 Å². The van der Waals surface area contributed by atoms with Gasteiger partial charge in [-0.1, -0.05) is 35.9 Å². The summed E-state index contributed by atoms with van der Waals surface area (Å²) in [5.41, 5.74) is 3.54. The Bertz CT molecular complexity index is 847. The van der Waals surface area contributed by atoms with Gasteiger partial charge in [0.15, 0.2) is 0 Å². The highest BCUT2D eigenvalue weighted by Crippen LogP contribution is 2.26. The minimum Gasteiger partial charge on any atom is -0.212 e. The van der Waals surface area contributed by atoms with E-state index < -0.39 is 21.6 Å². The molecule has 0 saturated carbocycles. The van der Waals surface area contributed by atoms with Crippen LogP contribution in [0.25, 0.3) is 0 Å². The fraction of sp³-hybridized carbons (Fsp3) is 0.333. The third-order valence-corrected chi connectivity index (χ3v) is 6.11. The second kappa shape index (κ2) is 6.82. The Morgan fingerprint density at radius 3 is 2.71 bits per heavy atom. The molecule has 0 bridgehead atoms. The number of halogens is 2.